The summed E-state index contributed by atoms with van der Waals surface area (Å²) in [5.74, 6) is 5.65. The van der Waals surface area contributed by atoms with Crippen LogP contribution in [0.5, 0.6) is 5.75 Å². The van der Waals surface area contributed by atoms with E-state index in [9.17, 15) is 4.79 Å². The normalized spacial score (nSPS) is 11.8. The highest BCUT2D eigenvalue weighted by molar-refractivity contribution is 5.79. The lowest BCUT2D eigenvalue weighted by molar-refractivity contribution is 0.0512. The van der Waals surface area contributed by atoms with Gasteiger partial charge in [-0.15, -0.1) is 0 Å². The van der Waals surface area contributed by atoms with Crippen molar-refractivity contribution in [3.05, 3.63) is 40.2 Å². The molecule has 0 aliphatic rings. The van der Waals surface area contributed by atoms with Gasteiger partial charge in [0.1, 0.15) is 29.3 Å². The molecule has 0 saturated heterocycles. The molecule has 1 unspecified atom stereocenters. The van der Waals surface area contributed by atoms with Gasteiger partial charge in [0.05, 0.1) is 5.39 Å². The molecule has 1 aromatic carbocycles. The number of rotatable bonds is 3. The smallest absolute Gasteiger partial charge is 0.208 e. The maximum absolute atomic E-state index is 12.2. The molecule has 104 valence electrons. The highest BCUT2D eigenvalue weighted by Crippen LogP contribution is 2.19. The third-order valence-electron chi connectivity index (χ3n) is 2.51. The minimum Gasteiger partial charge on any atom is -0.467 e. The van der Waals surface area contributed by atoms with Crippen molar-refractivity contribution >= 4 is 11.0 Å². The van der Waals surface area contributed by atoms with Gasteiger partial charge >= 0.3 is 0 Å². The van der Waals surface area contributed by atoms with Gasteiger partial charge in [-0.2, -0.15) is 0 Å². The van der Waals surface area contributed by atoms with Crippen molar-refractivity contribution in [3.63, 3.8) is 0 Å². The van der Waals surface area contributed by atoms with Crippen molar-refractivity contribution in [3.8, 4) is 17.6 Å². The summed E-state index contributed by atoms with van der Waals surface area (Å²) in [4.78, 5) is 12.2. The summed E-state index contributed by atoms with van der Waals surface area (Å²) < 4.78 is 15.4. The molecule has 0 radical (unpaired) electrons. The quantitative estimate of drug-likeness (QED) is 0.678. The lowest BCUT2D eigenvalue weighted by Gasteiger charge is -2.05. The zero-order valence-electron chi connectivity index (χ0n) is 11.2. The van der Waals surface area contributed by atoms with E-state index in [1.54, 1.807) is 18.2 Å². The van der Waals surface area contributed by atoms with Crippen molar-refractivity contribution in [1.82, 2.24) is 0 Å². The second-order valence-electron chi connectivity index (χ2n) is 4.13. The number of aliphatic hydroxyl groups excluding tert-OH is 1. The van der Waals surface area contributed by atoms with E-state index >= 15 is 0 Å². The monoisotopic (exact) mass is 274 g/mol. The minimum absolute atomic E-state index is 0.119. The standard InChI is InChI=1S/C15H14O5/c1-10(16)3-4-11-8-19-14-7-12(20-9-18-2)5-6-13(14)15(11)17/h5-8,10,16H,9H2,1-2H3. The van der Waals surface area contributed by atoms with Gasteiger partial charge < -0.3 is 19.0 Å². The highest BCUT2D eigenvalue weighted by atomic mass is 16.7. The predicted molar refractivity (Wildman–Crippen MR) is 73.5 cm³/mol. The Morgan fingerprint density at radius 3 is 2.95 bits per heavy atom. The molecule has 2 aromatic rings. The van der Waals surface area contributed by atoms with Crippen molar-refractivity contribution in [2.45, 2.75) is 13.0 Å². The fraction of sp³-hybridized carbons (Fsp3) is 0.267. The molecular formula is C15H14O5. The number of hydrogen-bond donors (Lipinski definition) is 1. The molecule has 0 aliphatic carbocycles. The van der Waals surface area contributed by atoms with E-state index in [-0.39, 0.29) is 17.8 Å². The molecule has 0 spiro atoms. The summed E-state index contributed by atoms with van der Waals surface area (Å²) in [7, 11) is 1.52. The second kappa shape index (κ2) is 6.24. The van der Waals surface area contributed by atoms with Gasteiger partial charge in [-0.1, -0.05) is 11.8 Å². The Balaban J connectivity index is 2.43. The van der Waals surface area contributed by atoms with E-state index in [0.29, 0.717) is 16.7 Å². The Bertz CT molecular complexity index is 718. The minimum atomic E-state index is -0.796. The van der Waals surface area contributed by atoms with Crippen LogP contribution in [0.15, 0.2) is 33.7 Å². The maximum Gasteiger partial charge on any atom is 0.208 e. The number of hydrogen-bond acceptors (Lipinski definition) is 5. The first kappa shape index (κ1) is 14.1. The summed E-state index contributed by atoms with van der Waals surface area (Å²) in [5.41, 5.74) is 0.382. The number of methoxy groups -OCH3 is 1. The van der Waals surface area contributed by atoms with Gasteiger partial charge in [0.15, 0.2) is 6.79 Å². The zero-order valence-corrected chi connectivity index (χ0v) is 11.2. The summed E-state index contributed by atoms with van der Waals surface area (Å²) in [5, 5.41) is 9.51. The molecule has 1 N–H and O–H groups in total. The van der Waals surface area contributed by atoms with Crippen LogP contribution in [-0.2, 0) is 4.74 Å². The van der Waals surface area contributed by atoms with E-state index in [2.05, 4.69) is 11.8 Å². The molecule has 0 fully saturated rings. The first-order valence-electron chi connectivity index (χ1n) is 5.98. The molecule has 2 rings (SSSR count). The fourth-order valence-electron chi connectivity index (χ4n) is 1.59. The van der Waals surface area contributed by atoms with Gasteiger partial charge in [0.25, 0.3) is 0 Å². The molecule has 0 aliphatic heterocycles. The molecule has 0 bridgehead atoms. The highest BCUT2D eigenvalue weighted by Gasteiger charge is 2.06. The largest absolute Gasteiger partial charge is 0.467 e. The molecule has 5 nitrogen and oxygen atoms in total. The van der Waals surface area contributed by atoms with Crippen LogP contribution in [0, 0.1) is 11.8 Å². The van der Waals surface area contributed by atoms with Crippen LogP contribution in [-0.4, -0.2) is 25.1 Å². The first-order valence-corrected chi connectivity index (χ1v) is 5.98. The predicted octanol–water partition coefficient (Wildman–Crippen LogP) is 1.51. The summed E-state index contributed by atoms with van der Waals surface area (Å²) in [6.07, 6.45) is 0.482. The van der Waals surface area contributed by atoms with Gasteiger partial charge in [0.2, 0.25) is 5.43 Å². The van der Waals surface area contributed by atoms with Crippen molar-refractivity contribution < 1.29 is 19.0 Å². The molecule has 0 saturated carbocycles. The number of aliphatic hydroxyl groups is 1. The third-order valence-corrected chi connectivity index (χ3v) is 2.51. The number of fused-ring (bicyclic) bond motifs is 1. The Morgan fingerprint density at radius 1 is 1.45 bits per heavy atom. The Labute approximate surface area is 115 Å². The van der Waals surface area contributed by atoms with E-state index < -0.39 is 6.10 Å². The average molecular weight is 274 g/mol. The van der Waals surface area contributed by atoms with Crippen LogP contribution in [0.2, 0.25) is 0 Å². The van der Waals surface area contributed by atoms with E-state index in [1.165, 1.54) is 20.3 Å². The Morgan fingerprint density at radius 2 is 2.25 bits per heavy atom. The van der Waals surface area contributed by atoms with E-state index in [0.717, 1.165) is 0 Å². The lowest BCUT2D eigenvalue weighted by atomic mass is 10.1. The fourth-order valence-corrected chi connectivity index (χ4v) is 1.59. The Hall–Kier alpha value is -2.29. The molecule has 5 heteroatoms. The molecule has 1 aromatic heterocycles. The van der Waals surface area contributed by atoms with Crippen LogP contribution in [0.25, 0.3) is 11.0 Å². The molecular weight excluding hydrogens is 260 g/mol. The summed E-state index contributed by atoms with van der Waals surface area (Å²) in [6, 6.07) is 4.88. The third kappa shape index (κ3) is 3.18. The van der Waals surface area contributed by atoms with Gasteiger partial charge in [-0.3, -0.25) is 4.79 Å². The van der Waals surface area contributed by atoms with Crippen LogP contribution in [0.4, 0.5) is 0 Å². The van der Waals surface area contributed by atoms with E-state index in [1.807, 2.05) is 0 Å². The van der Waals surface area contributed by atoms with Crippen LogP contribution < -0.4 is 10.2 Å². The molecule has 0 amide bonds. The number of benzene rings is 1. The molecule has 1 atom stereocenters. The van der Waals surface area contributed by atoms with Crippen molar-refractivity contribution in [2.24, 2.45) is 0 Å². The topological polar surface area (TPSA) is 68.9 Å². The van der Waals surface area contributed by atoms with Gasteiger partial charge in [-0.05, 0) is 19.1 Å². The van der Waals surface area contributed by atoms with Crippen LogP contribution >= 0.6 is 0 Å². The lowest BCUT2D eigenvalue weighted by Crippen LogP contribution is -2.06. The zero-order chi connectivity index (χ0) is 14.5. The van der Waals surface area contributed by atoms with E-state index in [4.69, 9.17) is 19.0 Å². The van der Waals surface area contributed by atoms with Gasteiger partial charge in [-0.25, -0.2) is 0 Å². The first-order chi connectivity index (χ1) is 9.61. The van der Waals surface area contributed by atoms with Crippen LogP contribution in [0.1, 0.15) is 12.5 Å². The Kier molecular flexibility index (Phi) is 4.41. The van der Waals surface area contributed by atoms with Crippen molar-refractivity contribution in [1.29, 1.82) is 0 Å². The average Bonchev–Trinajstić information content (AvgIpc) is 2.44. The molecule has 20 heavy (non-hydrogen) atoms. The maximum atomic E-state index is 12.2. The molecule has 1 heterocycles. The number of ether oxygens (including phenoxy) is 2. The SMILES string of the molecule is COCOc1ccc2c(=O)c(C#CC(C)O)coc2c1. The summed E-state index contributed by atoms with van der Waals surface area (Å²) >= 11 is 0. The van der Waals surface area contributed by atoms with Crippen molar-refractivity contribution in [2.75, 3.05) is 13.9 Å². The van der Waals surface area contributed by atoms with Gasteiger partial charge in [0, 0.05) is 13.2 Å². The summed E-state index contributed by atoms with van der Waals surface area (Å²) in [6.45, 7) is 1.64. The second-order valence-corrected chi connectivity index (χ2v) is 4.13. The van der Waals surface area contributed by atoms with Crippen LogP contribution in [0.3, 0.4) is 0 Å².